The summed E-state index contributed by atoms with van der Waals surface area (Å²) >= 11 is 0. The lowest BCUT2D eigenvalue weighted by Crippen LogP contribution is -2.44. The van der Waals surface area contributed by atoms with Crippen molar-refractivity contribution in [1.29, 1.82) is 0 Å². The number of benzene rings is 3. The van der Waals surface area contributed by atoms with E-state index in [1.807, 2.05) is 105 Å². The molecule has 3 aromatic rings. The van der Waals surface area contributed by atoms with Crippen molar-refractivity contribution in [2.75, 3.05) is 0 Å². The minimum absolute atomic E-state index is 0.0162. The molecule has 0 aliphatic rings. The molecule has 3 aromatic carbocycles. The van der Waals surface area contributed by atoms with Crippen LogP contribution in [-0.2, 0) is 15.1 Å². The zero-order valence-corrected chi connectivity index (χ0v) is 15.7. The molecule has 0 radical (unpaired) electrons. The van der Waals surface area contributed by atoms with Crippen LogP contribution in [0.3, 0.4) is 0 Å². The smallest absolute Gasteiger partial charge is 0.324 e. The van der Waals surface area contributed by atoms with Gasteiger partial charge in [0, 0.05) is 16.7 Å². The molecule has 0 unspecified atom stereocenters. The van der Waals surface area contributed by atoms with Crippen molar-refractivity contribution < 1.29 is 9.53 Å². The van der Waals surface area contributed by atoms with Gasteiger partial charge in [-0.15, -0.1) is 0 Å². The second-order valence-electron chi connectivity index (χ2n) is 6.97. The van der Waals surface area contributed by atoms with E-state index >= 15 is 0 Å². The molecule has 0 aliphatic carbocycles. The first-order valence-electron chi connectivity index (χ1n) is 9.20. The van der Waals surface area contributed by atoms with Crippen LogP contribution < -0.4 is 5.73 Å². The first kappa shape index (κ1) is 18.9. The highest BCUT2D eigenvalue weighted by molar-refractivity contribution is 5.77. The van der Waals surface area contributed by atoms with Gasteiger partial charge >= 0.3 is 5.97 Å². The lowest BCUT2D eigenvalue weighted by Gasteiger charge is -2.36. The molecule has 0 fully saturated rings. The van der Waals surface area contributed by atoms with Crippen LogP contribution in [0.25, 0.3) is 0 Å². The van der Waals surface area contributed by atoms with Crippen LogP contribution in [0.4, 0.5) is 0 Å². The summed E-state index contributed by atoms with van der Waals surface area (Å²) in [5.41, 5.74) is 7.71. The average Bonchev–Trinajstić information content (AvgIpc) is 2.73. The van der Waals surface area contributed by atoms with Crippen molar-refractivity contribution in [2.45, 2.75) is 25.5 Å². The number of rotatable bonds is 6. The number of carbonyl (C=O) groups is 1. The van der Waals surface area contributed by atoms with Crippen LogP contribution in [-0.4, -0.2) is 12.0 Å². The number of nitrogens with two attached hydrogens (primary N) is 1. The van der Waals surface area contributed by atoms with Gasteiger partial charge in [0.2, 0.25) is 0 Å². The molecule has 3 heteroatoms. The lowest BCUT2D eigenvalue weighted by molar-refractivity contribution is -0.156. The minimum atomic E-state index is -1.06. The second-order valence-corrected chi connectivity index (χ2v) is 6.97. The topological polar surface area (TPSA) is 52.3 Å². The zero-order valence-electron chi connectivity index (χ0n) is 15.7. The zero-order chi connectivity index (χ0) is 19.3. The Balaban J connectivity index is 2.25. The van der Waals surface area contributed by atoms with Gasteiger partial charge in [-0.05, 0) is 5.92 Å². The van der Waals surface area contributed by atoms with E-state index < -0.39 is 17.6 Å². The van der Waals surface area contributed by atoms with E-state index in [1.54, 1.807) is 0 Å². The first-order chi connectivity index (χ1) is 13.1. The molecule has 2 N–H and O–H groups in total. The van der Waals surface area contributed by atoms with E-state index in [9.17, 15) is 4.79 Å². The molecule has 0 saturated heterocycles. The van der Waals surface area contributed by atoms with Gasteiger partial charge in [-0.2, -0.15) is 0 Å². The molecule has 1 atom stereocenters. The van der Waals surface area contributed by atoms with Crippen molar-refractivity contribution in [1.82, 2.24) is 0 Å². The number of ether oxygens (including phenoxy) is 1. The summed E-state index contributed by atoms with van der Waals surface area (Å²) in [5.74, 6) is -0.431. The van der Waals surface area contributed by atoms with E-state index in [-0.39, 0.29) is 5.92 Å². The summed E-state index contributed by atoms with van der Waals surface area (Å²) in [7, 11) is 0. The summed E-state index contributed by atoms with van der Waals surface area (Å²) in [5, 5.41) is 0. The Hall–Kier alpha value is -2.91. The third-order valence-corrected chi connectivity index (χ3v) is 4.79. The minimum Gasteiger partial charge on any atom is -0.443 e. The Morgan fingerprint density at radius 2 is 1.07 bits per heavy atom. The Morgan fingerprint density at radius 1 is 0.741 bits per heavy atom. The maximum Gasteiger partial charge on any atom is 0.324 e. The maximum atomic E-state index is 13.0. The van der Waals surface area contributed by atoms with Gasteiger partial charge in [0.05, 0.1) is 0 Å². The van der Waals surface area contributed by atoms with E-state index in [1.165, 1.54) is 0 Å². The van der Waals surface area contributed by atoms with Gasteiger partial charge < -0.3 is 10.5 Å². The van der Waals surface area contributed by atoms with Gasteiger partial charge in [-0.1, -0.05) is 105 Å². The van der Waals surface area contributed by atoms with Gasteiger partial charge in [0.1, 0.15) is 6.04 Å². The molecule has 3 nitrogen and oxygen atoms in total. The lowest BCUT2D eigenvalue weighted by atomic mass is 9.80. The monoisotopic (exact) mass is 359 g/mol. The molecule has 27 heavy (non-hydrogen) atoms. The SMILES string of the molecule is CC(C)[C@H](N)C(=O)OC(c1ccccc1)(c1ccccc1)c1ccccc1. The van der Waals surface area contributed by atoms with Crippen LogP contribution in [0.2, 0.25) is 0 Å². The fourth-order valence-electron chi connectivity index (χ4n) is 3.19. The Labute approximate surface area is 160 Å². The Morgan fingerprint density at radius 3 is 1.37 bits per heavy atom. The van der Waals surface area contributed by atoms with Gasteiger partial charge in [-0.3, -0.25) is 4.79 Å². The maximum absolute atomic E-state index is 13.0. The fraction of sp³-hybridized carbons (Fsp3) is 0.208. The number of esters is 1. The summed E-state index contributed by atoms with van der Waals surface area (Å²) in [6.45, 7) is 3.84. The molecule has 0 spiro atoms. The number of hydrogen-bond donors (Lipinski definition) is 1. The number of hydrogen-bond acceptors (Lipinski definition) is 3. The summed E-state index contributed by atoms with van der Waals surface area (Å²) in [4.78, 5) is 13.0. The standard InChI is InChI=1S/C24H25NO2/c1-18(2)22(25)23(26)27-24(19-12-6-3-7-13-19,20-14-8-4-9-15-20)21-16-10-5-11-17-21/h3-18,22H,25H2,1-2H3/t22-/m0/s1. The highest BCUT2D eigenvalue weighted by Crippen LogP contribution is 2.40. The van der Waals surface area contributed by atoms with Crippen LogP contribution >= 0.6 is 0 Å². The van der Waals surface area contributed by atoms with Crippen LogP contribution in [0, 0.1) is 5.92 Å². The van der Waals surface area contributed by atoms with Crippen molar-refractivity contribution >= 4 is 5.97 Å². The quantitative estimate of drug-likeness (QED) is 0.520. The average molecular weight is 359 g/mol. The summed E-state index contributed by atoms with van der Waals surface area (Å²) in [6.07, 6.45) is 0. The van der Waals surface area contributed by atoms with E-state index in [0.717, 1.165) is 16.7 Å². The van der Waals surface area contributed by atoms with Crippen LogP contribution in [0.15, 0.2) is 91.0 Å². The van der Waals surface area contributed by atoms with Gasteiger partial charge in [-0.25, -0.2) is 0 Å². The van der Waals surface area contributed by atoms with E-state index in [4.69, 9.17) is 10.5 Å². The normalized spacial score (nSPS) is 12.6. The molecule has 0 bridgehead atoms. The number of carbonyl (C=O) groups excluding carboxylic acids is 1. The molecular formula is C24H25NO2. The second kappa shape index (κ2) is 8.19. The Kier molecular flexibility index (Phi) is 5.72. The third-order valence-electron chi connectivity index (χ3n) is 4.79. The molecule has 138 valence electrons. The molecule has 0 saturated carbocycles. The molecule has 0 heterocycles. The highest BCUT2D eigenvalue weighted by Gasteiger charge is 2.41. The predicted molar refractivity (Wildman–Crippen MR) is 108 cm³/mol. The fourth-order valence-corrected chi connectivity index (χ4v) is 3.19. The van der Waals surface area contributed by atoms with Crippen molar-refractivity contribution in [3.8, 4) is 0 Å². The molecule has 0 aromatic heterocycles. The predicted octanol–water partition coefficient (Wildman–Crippen LogP) is 4.51. The molecular weight excluding hydrogens is 334 g/mol. The van der Waals surface area contributed by atoms with Crippen LogP contribution in [0.5, 0.6) is 0 Å². The van der Waals surface area contributed by atoms with Gasteiger partial charge in [0.15, 0.2) is 5.60 Å². The van der Waals surface area contributed by atoms with Crippen LogP contribution in [0.1, 0.15) is 30.5 Å². The highest BCUT2D eigenvalue weighted by atomic mass is 16.6. The largest absolute Gasteiger partial charge is 0.443 e. The Bertz CT molecular complexity index is 764. The first-order valence-corrected chi connectivity index (χ1v) is 9.20. The van der Waals surface area contributed by atoms with Crippen molar-refractivity contribution in [3.63, 3.8) is 0 Å². The summed E-state index contributed by atoms with van der Waals surface area (Å²) < 4.78 is 6.26. The van der Waals surface area contributed by atoms with Gasteiger partial charge in [0.25, 0.3) is 0 Å². The molecule has 0 amide bonds. The van der Waals surface area contributed by atoms with Crippen molar-refractivity contribution in [3.05, 3.63) is 108 Å². The van der Waals surface area contributed by atoms with E-state index in [0.29, 0.717) is 0 Å². The third kappa shape index (κ3) is 3.79. The van der Waals surface area contributed by atoms with E-state index in [2.05, 4.69) is 0 Å². The molecule has 3 rings (SSSR count). The molecule has 0 aliphatic heterocycles. The summed E-state index contributed by atoms with van der Waals surface area (Å²) in [6, 6.07) is 28.7. The van der Waals surface area contributed by atoms with Crippen molar-refractivity contribution in [2.24, 2.45) is 11.7 Å².